The third-order valence-electron chi connectivity index (χ3n) is 4.06. The molecule has 0 aromatic heterocycles. The van der Waals surface area contributed by atoms with Crippen LogP contribution in [0.2, 0.25) is 0 Å². The molecule has 1 saturated heterocycles. The number of rotatable bonds is 3. The Morgan fingerprint density at radius 1 is 1.15 bits per heavy atom. The van der Waals surface area contributed by atoms with Gasteiger partial charge in [-0.25, -0.2) is 0 Å². The van der Waals surface area contributed by atoms with Gasteiger partial charge < -0.3 is 5.32 Å². The van der Waals surface area contributed by atoms with E-state index < -0.39 is 11.7 Å². The van der Waals surface area contributed by atoms with Crippen LogP contribution in [0.3, 0.4) is 0 Å². The second-order valence-electron chi connectivity index (χ2n) is 5.96. The van der Waals surface area contributed by atoms with Crippen LogP contribution in [-0.2, 0) is 6.18 Å². The zero-order valence-electron chi connectivity index (χ0n) is 11.8. The van der Waals surface area contributed by atoms with Gasteiger partial charge in [0.15, 0.2) is 0 Å². The fraction of sp³-hybridized carbons (Fsp3) is 0.500. The lowest BCUT2D eigenvalue weighted by molar-refractivity contribution is -0.137. The van der Waals surface area contributed by atoms with Crippen LogP contribution >= 0.6 is 0 Å². The van der Waals surface area contributed by atoms with Crippen molar-refractivity contribution in [1.29, 1.82) is 0 Å². The summed E-state index contributed by atoms with van der Waals surface area (Å²) < 4.78 is 37.4. The van der Waals surface area contributed by atoms with Gasteiger partial charge in [-0.3, -0.25) is 0 Å². The summed E-state index contributed by atoms with van der Waals surface area (Å²) in [6.45, 7) is 6.39. The van der Waals surface area contributed by atoms with E-state index in [0.29, 0.717) is 5.92 Å². The van der Waals surface area contributed by atoms with Crippen LogP contribution in [0.1, 0.15) is 31.4 Å². The first-order valence-electron chi connectivity index (χ1n) is 6.86. The van der Waals surface area contributed by atoms with E-state index in [1.165, 1.54) is 12.1 Å². The molecule has 0 saturated carbocycles. The highest BCUT2D eigenvalue weighted by molar-refractivity contribution is 5.50. The van der Waals surface area contributed by atoms with E-state index in [1.54, 1.807) is 0 Å². The molecule has 2 rings (SSSR count). The van der Waals surface area contributed by atoms with Crippen molar-refractivity contribution in [3.63, 3.8) is 0 Å². The fourth-order valence-electron chi connectivity index (χ4n) is 2.52. The van der Waals surface area contributed by atoms with Crippen molar-refractivity contribution in [3.8, 4) is 0 Å². The number of alkyl halides is 3. The minimum absolute atomic E-state index is 0.0478. The topological polar surface area (TPSA) is 12.0 Å². The van der Waals surface area contributed by atoms with Crippen molar-refractivity contribution in [3.05, 3.63) is 41.5 Å². The van der Waals surface area contributed by atoms with Gasteiger partial charge in [0, 0.05) is 0 Å². The van der Waals surface area contributed by atoms with Crippen LogP contribution < -0.4 is 5.32 Å². The van der Waals surface area contributed by atoms with Gasteiger partial charge in [0.1, 0.15) is 0 Å². The Labute approximate surface area is 117 Å². The van der Waals surface area contributed by atoms with E-state index in [2.05, 4.69) is 25.2 Å². The number of hydrogen-bond acceptors (Lipinski definition) is 1. The molecular weight excluding hydrogens is 263 g/mol. The molecular formula is C16H20F3N. The Morgan fingerprint density at radius 3 is 2.30 bits per heavy atom. The minimum atomic E-state index is -4.27. The van der Waals surface area contributed by atoms with Gasteiger partial charge in [0.2, 0.25) is 0 Å². The van der Waals surface area contributed by atoms with Crippen LogP contribution in [0.4, 0.5) is 13.2 Å². The summed E-state index contributed by atoms with van der Waals surface area (Å²) in [6, 6.07) is 5.29. The van der Waals surface area contributed by atoms with Crippen molar-refractivity contribution in [2.24, 2.45) is 11.3 Å². The fourth-order valence-corrected chi connectivity index (χ4v) is 2.52. The minimum Gasteiger partial charge on any atom is -0.316 e. The summed E-state index contributed by atoms with van der Waals surface area (Å²) in [4.78, 5) is 0. The summed E-state index contributed by atoms with van der Waals surface area (Å²) in [5.74, 6) is 0.577. The molecule has 1 fully saturated rings. The van der Waals surface area contributed by atoms with E-state index in [0.717, 1.165) is 37.2 Å². The van der Waals surface area contributed by atoms with Gasteiger partial charge in [0.25, 0.3) is 0 Å². The van der Waals surface area contributed by atoms with E-state index in [9.17, 15) is 13.2 Å². The van der Waals surface area contributed by atoms with Crippen LogP contribution in [0.25, 0.3) is 6.08 Å². The normalized spacial score (nSPS) is 20.8. The highest BCUT2D eigenvalue weighted by atomic mass is 19.4. The third-order valence-corrected chi connectivity index (χ3v) is 4.06. The van der Waals surface area contributed by atoms with E-state index in [1.807, 2.05) is 6.08 Å². The first-order chi connectivity index (χ1) is 9.29. The van der Waals surface area contributed by atoms with Crippen molar-refractivity contribution < 1.29 is 13.2 Å². The summed E-state index contributed by atoms with van der Waals surface area (Å²) in [5.41, 5.74) is 0.248. The molecule has 1 aromatic rings. The molecule has 0 bridgehead atoms. The second kappa shape index (κ2) is 5.60. The average molecular weight is 283 g/mol. The zero-order chi connectivity index (χ0) is 14.8. The Balaban J connectivity index is 2.07. The number of allylic oxidation sites excluding steroid dienone is 1. The molecule has 1 aliphatic rings. The molecule has 0 spiro atoms. The lowest BCUT2D eigenvalue weighted by Crippen LogP contribution is -2.23. The average Bonchev–Trinajstić information content (AvgIpc) is 2.90. The molecule has 110 valence electrons. The van der Waals surface area contributed by atoms with Gasteiger partial charge in [-0.2, -0.15) is 13.2 Å². The first kappa shape index (κ1) is 15.1. The van der Waals surface area contributed by atoms with Gasteiger partial charge in [0.05, 0.1) is 5.56 Å². The standard InChI is InChI=1S/C16H20F3N/c1-15(2,14-8-10-20-11-14)9-7-12-3-5-13(6-4-12)16(17,18)19/h3-7,9,14,20H,8,10-11H2,1-2H3/b9-7+/t14-/m0/s1. The Bertz CT molecular complexity index is 465. The van der Waals surface area contributed by atoms with Crippen molar-refractivity contribution in [1.82, 2.24) is 5.32 Å². The molecule has 1 aromatic carbocycles. The molecule has 1 atom stereocenters. The highest BCUT2D eigenvalue weighted by Crippen LogP contribution is 2.34. The lowest BCUT2D eigenvalue weighted by atomic mass is 9.78. The SMILES string of the molecule is CC(C)(/C=C/c1ccc(C(F)(F)F)cc1)[C@H]1CCNC1. The summed E-state index contributed by atoms with van der Waals surface area (Å²) in [6.07, 6.45) is 0.896. The van der Waals surface area contributed by atoms with Gasteiger partial charge in [-0.1, -0.05) is 38.1 Å². The number of benzene rings is 1. The first-order valence-corrected chi connectivity index (χ1v) is 6.86. The molecule has 0 radical (unpaired) electrons. The summed E-state index contributed by atoms with van der Waals surface area (Å²) in [5, 5.41) is 3.34. The molecule has 0 amide bonds. The summed E-state index contributed by atoms with van der Waals surface area (Å²) in [7, 11) is 0. The van der Waals surface area contributed by atoms with E-state index in [-0.39, 0.29) is 5.41 Å². The van der Waals surface area contributed by atoms with E-state index in [4.69, 9.17) is 0 Å². The van der Waals surface area contributed by atoms with Gasteiger partial charge in [-0.15, -0.1) is 0 Å². The van der Waals surface area contributed by atoms with Gasteiger partial charge in [-0.05, 0) is 48.5 Å². The quantitative estimate of drug-likeness (QED) is 0.869. The van der Waals surface area contributed by atoms with Crippen LogP contribution in [0, 0.1) is 11.3 Å². The van der Waals surface area contributed by atoms with Gasteiger partial charge >= 0.3 is 6.18 Å². The Morgan fingerprint density at radius 2 is 1.80 bits per heavy atom. The molecule has 1 N–H and O–H groups in total. The predicted octanol–water partition coefficient (Wildman–Crippen LogP) is 4.35. The number of hydrogen-bond donors (Lipinski definition) is 1. The maximum absolute atomic E-state index is 12.5. The monoisotopic (exact) mass is 283 g/mol. The second-order valence-corrected chi connectivity index (χ2v) is 5.96. The third kappa shape index (κ3) is 3.63. The smallest absolute Gasteiger partial charge is 0.316 e. The number of nitrogens with one attached hydrogen (secondary N) is 1. The van der Waals surface area contributed by atoms with Crippen molar-refractivity contribution in [2.75, 3.05) is 13.1 Å². The highest BCUT2D eigenvalue weighted by Gasteiger charge is 2.30. The maximum Gasteiger partial charge on any atom is 0.416 e. The predicted molar refractivity (Wildman–Crippen MR) is 75.2 cm³/mol. The summed E-state index contributed by atoms with van der Waals surface area (Å²) >= 11 is 0. The van der Waals surface area contributed by atoms with E-state index >= 15 is 0 Å². The molecule has 0 aliphatic carbocycles. The maximum atomic E-state index is 12.5. The molecule has 20 heavy (non-hydrogen) atoms. The lowest BCUT2D eigenvalue weighted by Gasteiger charge is -2.27. The molecule has 1 heterocycles. The van der Waals surface area contributed by atoms with Crippen molar-refractivity contribution >= 4 is 6.08 Å². The zero-order valence-corrected chi connectivity index (χ0v) is 11.8. The van der Waals surface area contributed by atoms with Crippen molar-refractivity contribution in [2.45, 2.75) is 26.4 Å². The van der Waals surface area contributed by atoms with Crippen LogP contribution in [0.5, 0.6) is 0 Å². The Hall–Kier alpha value is -1.29. The molecule has 4 heteroatoms. The Kier molecular flexibility index (Phi) is 4.23. The molecule has 1 aliphatic heterocycles. The molecule has 0 unspecified atom stereocenters. The number of halogens is 3. The molecule has 1 nitrogen and oxygen atoms in total. The largest absolute Gasteiger partial charge is 0.416 e. The van der Waals surface area contributed by atoms with Crippen LogP contribution in [-0.4, -0.2) is 13.1 Å². The van der Waals surface area contributed by atoms with Crippen LogP contribution in [0.15, 0.2) is 30.3 Å².